The zero-order chi connectivity index (χ0) is 12.1. The molecule has 0 radical (unpaired) electrons. The first-order valence-corrected chi connectivity index (χ1v) is 4.72. The third-order valence-corrected chi connectivity index (χ3v) is 3.11. The Bertz CT molecular complexity index is 189. The van der Waals surface area contributed by atoms with Crippen LogP contribution in [0.4, 0.5) is 0 Å². The molecule has 0 aliphatic heterocycles. The van der Waals surface area contributed by atoms with Gasteiger partial charge in [-0.3, -0.25) is 4.79 Å². The Kier molecular flexibility index (Phi) is 5.74. The number of nitrogens with two attached hydrogens (primary N) is 1. The van der Waals surface area contributed by atoms with Gasteiger partial charge in [0.15, 0.2) is 0 Å². The van der Waals surface area contributed by atoms with Crippen LogP contribution in [0.1, 0.15) is 6.92 Å². The van der Waals surface area contributed by atoms with E-state index in [0.717, 1.165) is 0 Å². The van der Waals surface area contributed by atoms with E-state index >= 15 is 0 Å². The molecular formula is C9H19NO5. The van der Waals surface area contributed by atoms with Crippen molar-refractivity contribution in [3.8, 4) is 0 Å². The maximum Gasteiger partial charge on any atom is 0.224 e. The second-order valence-electron chi connectivity index (χ2n) is 3.77. The number of carbonyl (C=O) groups excluding carboxylic acids is 1. The number of hydrogen-bond donors (Lipinski definition) is 5. The molecule has 0 spiro atoms. The molecule has 6 N–H and O–H groups in total. The quantitative estimate of drug-likeness (QED) is 0.330. The molecule has 1 amide bonds. The van der Waals surface area contributed by atoms with Gasteiger partial charge in [0.05, 0.1) is 5.41 Å². The van der Waals surface area contributed by atoms with Gasteiger partial charge in [0, 0.05) is 38.3 Å². The fourth-order valence-corrected chi connectivity index (χ4v) is 1.61. The summed E-state index contributed by atoms with van der Waals surface area (Å²) >= 11 is 0. The molecule has 0 aliphatic carbocycles. The van der Waals surface area contributed by atoms with E-state index in [1.165, 1.54) is 6.92 Å². The van der Waals surface area contributed by atoms with E-state index in [9.17, 15) is 4.79 Å². The molecule has 90 valence electrons. The van der Waals surface area contributed by atoms with E-state index in [1.54, 1.807) is 0 Å². The molecule has 15 heavy (non-hydrogen) atoms. The molecule has 0 aromatic carbocycles. The molecule has 0 saturated heterocycles. The van der Waals surface area contributed by atoms with Crippen LogP contribution >= 0.6 is 0 Å². The van der Waals surface area contributed by atoms with Crippen molar-refractivity contribution >= 4 is 5.91 Å². The van der Waals surface area contributed by atoms with E-state index in [-0.39, 0.29) is 0 Å². The zero-order valence-corrected chi connectivity index (χ0v) is 8.76. The zero-order valence-electron chi connectivity index (χ0n) is 8.76. The number of primary amides is 1. The summed E-state index contributed by atoms with van der Waals surface area (Å²) in [6.45, 7) is -0.332. The summed E-state index contributed by atoms with van der Waals surface area (Å²) in [6, 6.07) is 0. The van der Waals surface area contributed by atoms with Crippen LogP contribution in [0.15, 0.2) is 0 Å². The van der Waals surface area contributed by atoms with Crippen LogP contribution in [0.2, 0.25) is 0 Å². The lowest BCUT2D eigenvalue weighted by Gasteiger charge is -2.38. The maximum absolute atomic E-state index is 11.3. The number of hydrogen-bond acceptors (Lipinski definition) is 5. The molecule has 0 atom stereocenters. The predicted molar refractivity (Wildman–Crippen MR) is 52.6 cm³/mol. The molecule has 0 fully saturated rings. The van der Waals surface area contributed by atoms with E-state index in [0.29, 0.717) is 0 Å². The largest absolute Gasteiger partial charge is 0.396 e. The summed E-state index contributed by atoms with van der Waals surface area (Å²) in [5.41, 5.74) is 3.87. The minimum atomic E-state index is -1.33. The summed E-state index contributed by atoms with van der Waals surface area (Å²) in [4.78, 5) is 11.3. The highest BCUT2D eigenvalue weighted by atomic mass is 16.3. The minimum Gasteiger partial charge on any atom is -0.396 e. The van der Waals surface area contributed by atoms with Crippen LogP contribution in [-0.4, -0.2) is 52.8 Å². The van der Waals surface area contributed by atoms with Gasteiger partial charge >= 0.3 is 0 Å². The monoisotopic (exact) mass is 221 g/mol. The Balaban J connectivity index is 5.10. The summed E-state index contributed by atoms with van der Waals surface area (Å²) < 4.78 is 0. The molecule has 6 heteroatoms. The lowest BCUT2D eigenvalue weighted by molar-refractivity contribution is -0.140. The first-order chi connectivity index (χ1) is 6.98. The van der Waals surface area contributed by atoms with Gasteiger partial charge in [-0.2, -0.15) is 0 Å². The number of aliphatic hydroxyl groups is 4. The third-order valence-electron chi connectivity index (χ3n) is 3.11. The molecular weight excluding hydrogens is 202 g/mol. The Morgan fingerprint density at radius 3 is 1.47 bits per heavy atom. The standard InChI is InChI=1S/C9H19NO5/c1-9(8(10)15,6(2-11)3-12)7(4-13)5-14/h6-7,11-14H,2-5H2,1H3,(H2,10,15). The van der Waals surface area contributed by atoms with Gasteiger partial charge in [-0.1, -0.05) is 0 Å². The number of amides is 1. The van der Waals surface area contributed by atoms with Crippen molar-refractivity contribution in [1.82, 2.24) is 0 Å². The van der Waals surface area contributed by atoms with E-state index in [4.69, 9.17) is 26.2 Å². The average molecular weight is 221 g/mol. The maximum atomic E-state index is 11.3. The lowest BCUT2D eigenvalue weighted by Crippen LogP contribution is -2.51. The van der Waals surface area contributed by atoms with Gasteiger partial charge in [0.25, 0.3) is 0 Å². The second kappa shape index (κ2) is 6.02. The second-order valence-corrected chi connectivity index (χ2v) is 3.77. The van der Waals surface area contributed by atoms with Crippen molar-refractivity contribution in [1.29, 1.82) is 0 Å². The van der Waals surface area contributed by atoms with Crippen LogP contribution in [0.3, 0.4) is 0 Å². The van der Waals surface area contributed by atoms with E-state index < -0.39 is 49.6 Å². The van der Waals surface area contributed by atoms with Crippen LogP contribution in [0, 0.1) is 17.3 Å². The molecule has 0 bridgehead atoms. The Morgan fingerprint density at radius 1 is 1.07 bits per heavy atom. The highest BCUT2D eigenvalue weighted by molar-refractivity contribution is 5.81. The predicted octanol–water partition coefficient (Wildman–Crippen LogP) is -2.32. The summed E-state index contributed by atoms with van der Waals surface area (Å²) in [7, 11) is 0. The van der Waals surface area contributed by atoms with Crippen LogP contribution in [0.25, 0.3) is 0 Å². The SMILES string of the molecule is CC(C(N)=O)(C(CO)CO)C(CO)CO. The van der Waals surface area contributed by atoms with Crippen molar-refractivity contribution in [2.24, 2.45) is 23.0 Å². The fourth-order valence-electron chi connectivity index (χ4n) is 1.61. The molecule has 0 heterocycles. The summed E-state index contributed by atoms with van der Waals surface area (Å²) in [6.07, 6.45) is 0. The highest BCUT2D eigenvalue weighted by Crippen LogP contribution is 2.35. The van der Waals surface area contributed by atoms with Gasteiger partial charge in [-0.05, 0) is 6.92 Å². The van der Waals surface area contributed by atoms with Crippen LogP contribution < -0.4 is 5.73 Å². The first-order valence-electron chi connectivity index (χ1n) is 4.72. The smallest absolute Gasteiger partial charge is 0.224 e. The summed E-state index contributed by atoms with van der Waals surface area (Å²) in [5.74, 6) is -2.35. The number of rotatable bonds is 7. The highest BCUT2D eigenvalue weighted by Gasteiger charge is 2.45. The number of aliphatic hydroxyl groups excluding tert-OH is 4. The van der Waals surface area contributed by atoms with Gasteiger partial charge in [0.1, 0.15) is 0 Å². The van der Waals surface area contributed by atoms with Gasteiger partial charge in [-0.25, -0.2) is 0 Å². The van der Waals surface area contributed by atoms with Crippen molar-refractivity contribution in [2.45, 2.75) is 6.92 Å². The minimum absolute atomic E-state index is 0.438. The molecule has 6 nitrogen and oxygen atoms in total. The van der Waals surface area contributed by atoms with Crippen molar-refractivity contribution < 1.29 is 25.2 Å². The van der Waals surface area contributed by atoms with E-state index in [1.807, 2.05) is 0 Å². The molecule has 0 aliphatic rings. The lowest BCUT2D eigenvalue weighted by atomic mass is 9.68. The third kappa shape index (κ3) is 2.66. The first kappa shape index (κ1) is 14.3. The van der Waals surface area contributed by atoms with Crippen molar-refractivity contribution in [2.75, 3.05) is 26.4 Å². The van der Waals surface area contributed by atoms with Gasteiger partial charge in [0.2, 0.25) is 5.91 Å². The summed E-state index contributed by atoms with van der Waals surface area (Å²) in [5, 5.41) is 36.1. The average Bonchev–Trinajstić information content (AvgIpc) is 2.21. The Morgan fingerprint density at radius 2 is 1.33 bits per heavy atom. The molecule has 0 unspecified atom stereocenters. The van der Waals surface area contributed by atoms with E-state index in [2.05, 4.69) is 0 Å². The van der Waals surface area contributed by atoms with Crippen molar-refractivity contribution in [3.63, 3.8) is 0 Å². The molecule has 0 aromatic heterocycles. The van der Waals surface area contributed by atoms with Crippen LogP contribution in [-0.2, 0) is 4.79 Å². The number of carbonyl (C=O) groups is 1. The topological polar surface area (TPSA) is 124 Å². The Hall–Kier alpha value is -0.690. The molecule has 0 rings (SSSR count). The Labute approximate surface area is 88.3 Å². The van der Waals surface area contributed by atoms with Crippen molar-refractivity contribution in [3.05, 3.63) is 0 Å². The fraction of sp³-hybridized carbons (Fsp3) is 0.889. The van der Waals surface area contributed by atoms with Gasteiger partial charge in [-0.15, -0.1) is 0 Å². The van der Waals surface area contributed by atoms with Crippen LogP contribution in [0.5, 0.6) is 0 Å². The molecule has 0 saturated carbocycles. The normalized spacial score (nSPS) is 12.5. The van der Waals surface area contributed by atoms with Gasteiger partial charge < -0.3 is 26.2 Å². The molecule has 0 aromatic rings.